The van der Waals surface area contributed by atoms with Crippen molar-refractivity contribution in [1.82, 2.24) is 9.97 Å². The van der Waals surface area contributed by atoms with Crippen LogP contribution in [-0.4, -0.2) is 15.7 Å². The van der Waals surface area contributed by atoms with Gasteiger partial charge in [0.15, 0.2) is 5.76 Å². The van der Waals surface area contributed by atoms with Gasteiger partial charge in [0.1, 0.15) is 17.3 Å². The van der Waals surface area contributed by atoms with E-state index in [2.05, 4.69) is 9.97 Å². The van der Waals surface area contributed by atoms with Gasteiger partial charge in [0.05, 0.1) is 18.0 Å². The summed E-state index contributed by atoms with van der Waals surface area (Å²) in [4.78, 5) is 20.0. The molecule has 0 radical (unpaired) electrons. The highest BCUT2D eigenvalue weighted by atomic mass is 16.3. The number of aromatic amines is 1. The molecule has 0 amide bonds. The normalized spacial score (nSPS) is 15.5. The molecule has 1 atom stereocenters. The average Bonchev–Trinajstić information content (AvgIpc) is 3.50. The molecule has 2 aromatic carbocycles. The Morgan fingerprint density at radius 1 is 1.03 bits per heavy atom. The number of nitrogens with zero attached hydrogens (tertiary/aromatic N) is 4. The minimum atomic E-state index is -0.533. The molecular weight excluding hydrogens is 390 g/mol. The number of aromatic nitrogens is 2. The van der Waals surface area contributed by atoms with E-state index in [-0.39, 0.29) is 23.2 Å². The van der Waals surface area contributed by atoms with E-state index < -0.39 is 5.56 Å². The average molecular weight is 407 g/mol. The number of hydrazone groups is 1. The van der Waals surface area contributed by atoms with Crippen LogP contribution >= 0.6 is 0 Å². The maximum atomic E-state index is 12.7. The highest BCUT2D eigenvalue weighted by Gasteiger charge is 2.32. The van der Waals surface area contributed by atoms with Gasteiger partial charge in [-0.2, -0.15) is 10.4 Å². The SMILES string of the molecule is N#Cc1c(-c2ccco2)nc(N2N=C(c3ccccc3)CC2c2ccccc2)[nH]c1=O. The summed E-state index contributed by atoms with van der Waals surface area (Å²) in [6.45, 7) is 0. The lowest BCUT2D eigenvalue weighted by Gasteiger charge is -2.22. The van der Waals surface area contributed by atoms with E-state index in [0.717, 1.165) is 16.8 Å². The van der Waals surface area contributed by atoms with Crippen molar-refractivity contribution < 1.29 is 4.42 Å². The maximum absolute atomic E-state index is 12.7. The minimum absolute atomic E-state index is 0.0959. The lowest BCUT2D eigenvalue weighted by Crippen LogP contribution is -2.25. The van der Waals surface area contributed by atoms with Crippen molar-refractivity contribution in [2.24, 2.45) is 5.10 Å². The zero-order valence-corrected chi connectivity index (χ0v) is 16.4. The molecule has 2 aromatic heterocycles. The van der Waals surface area contributed by atoms with Crippen LogP contribution in [0.5, 0.6) is 0 Å². The van der Waals surface area contributed by atoms with Crippen molar-refractivity contribution in [3.63, 3.8) is 0 Å². The van der Waals surface area contributed by atoms with Crippen molar-refractivity contribution in [2.45, 2.75) is 12.5 Å². The summed E-state index contributed by atoms with van der Waals surface area (Å²) in [6.07, 6.45) is 2.13. The van der Waals surface area contributed by atoms with Gasteiger partial charge in [-0.1, -0.05) is 60.7 Å². The molecule has 0 saturated carbocycles. The molecule has 1 aliphatic heterocycles. The Morgan fingerprint density at radius 2 is 1.77 bits per heavy atom. The van der Waals surface area contributed by atoms with Crippen molar-refractivity contribution in [3.05, 3.63) is 106 Å². The second-order valence-corrected chi connectivity index (χ2v) is 7.09. The summed E-state index contributed by atoms with van der Waals surface area (Å²) in [5.41, 5.74) is 2.51. The summed E-state index contributed by atoms with van der Waals surface area (Å²) in [5, 5.41) is 16.0. The lowest BCUT2D eigenvalue weighted by atomic mass is 9.99. The number of furan rings is 1. The number of anilines is 1. The third-order valence-electron chi connectivity index (χ3n) is 5.19. The quantitative estimate of drug-likeness (QED) is 0.545. The Kier molecular flexibility index (Phi) is 4.65. The van der Waals surface area contributed by atoms with Crippen LogP contribution in [0.25, 0.3) is 11.5 Å². The topological polar surface area (TPSA) is 98.3 Å². The van der Waals surface area contributed by atoms with Crippen LogP contribution in [0.2, 0.25) is 0 Å². The maximum Gasteiger partial charge on any atom is 0.271 e. The third kappa shape index (κ3) is 3.40. The predicted octanol–water partition coefficient (Wildman–Crippen LogP) is 4.26. The Balaban J connectivity index is 1.66. The molecule has 1 aliphatic rings. The molecule has 3 heterocycles. The zero-order chi connectivity index (χ0) is 21.2. The second-order valence-electron chi connectivity index (χ2n) is 7.09. The highest BCUT2D eigenvalue weighted by Crippen LogP contribution is 2.35. The van der Waals surface area contributed by atoms with Crippen molar-refractivity contribution in [3.8, 4) is 17.5 Å². The molecule has 0 aliphatic carbocycles. The van der Waals surface area contributed by atoms with Gasteiger partial charge in [0, 0.05) is 6.42 Å². The van der Waals surface area contributed by atoms with Crippen LogP contribution in [0, 0.1) is 11.3 Å². The summed E-state index contributed by atoms with van der Waals surface area (Å²) in [6, 6.07) is 25.0. The first kappa shape index (κ1) is 18.6. The van der Waals surface area contributed by atoms with Crippen molar-refractivity contribution >= 4 is 11.7 Å². The van der Waals surface area contributed by atoms with Gasteiger partial charge in [-0.25, -0.2) is 9.99 Å². The summed E-state index contributed by atoms with van der Waals surface area (Å²) in [7, 11) is 0. The fraction of sp³-hybridized carbons (Fsp3) is 0.0833. The number of rotatable bonds is 4. The van der Waals surface area contributed by atoms with E-state index in [0.29, 0.717) is 12.2 Å². The van der Waals surface area contributed by atoms with E-state index in [1.807, 2.05) is 66.7 Å². The van der Waals surface area contributed by atoms with Crippen LogP contribution in [0.4, 0.5) is 5.95 Å². The minimum Gasteiger partial charge on any atom is -0.463 e. The van der Waals surface area contributed by atoms with E-state index in [1.54, 1.807) is 17.1 Å². The first-order valence-electron chi connectivity index (χ1n) is 9.80. The molecule has 7 nitrogen and oxygen atoms in total. The van der Waals surface area contributed by atoms with Crippen LogP contribution in [0.3, 0.4) is 0 Å². The largest absolute Gasteiger partial charge is 0.463 e. The van der Waals surface area contributed by atoms with Crippen LogP contribution in [0.15, 0.2) is 93.4 Å². The lowest BCUT2D eigenvalue weighted by molar-refractivity contribution is 0.578. The van der Waals surface area contributed by atoms with E-state index in [1.165, 1.54) is 6.26 Å². The third-order valence-corrected chi connectivity index (χ3v) is 5.19. The number of hydrogen-bond acceptors (Lipinski definition) is 6. The van der Waals surface area contributed by atoms with Gasteiger partial charge in [-0.3, -0.25) is 9.78 Å². The molecule has 1 unspecified atom stereocenters. The van der Waals surface area contributed by atoms with Crippen LogP contribution < -0.4 is 10.6 Å². The van der Waals surface area contributed by atoms with Crippen LogP contribution in [-0.2, 0) is 0 Å². The van der Waals surface area contributed by atoms with Gasteiger partial charge in [-0.15, -0.1) is 0 Å². The standard InChI is InChI=1S/C24H17N5O2/c25-15-18-22(21-12-7-13-31-21)26-24(27-23(18)30)29-20(17-10-5-2-6-11-17)14-19(28-29)16-8-3-1-4-9-16/h1-13,20H,14H2,(H,26,27,30). The Labute approximate surface area is 177 Å². The smallest absolute Gasteiger partial charge is 0.271 e. The Bertz CT molecular complexity index is 1340. The molecule has 4 aromatic rings. The highest BCUT2D eigenvalue weighted by molar-refractivity contribution is 6.03. The molecule has 1 N–H and O–H groups in total. The molecular formula is C24H17N5O2. The Morgan fingerprint density at radius 3 is 2.45 bits per heavy atom. The molecule has 7 heteroatoms. The fourth-order valence-corrected chi connectivity index (χ4v) is 3.71. The Hall–Kier alpha value is -4.44. The van der Waals surface area contributed by atoms with E-state index in [4.69, 9.17) is 9.52 Å². The monoisotopic (exact) mass is 407 g/mol. The van der Waals surface area contributed by atoms with E-state index >= 15 is 0 Å². The number of hydrogen-bond donors (Lipinski definition) is 1. The summed E-state index contributed by atoms with van der Waals surface area (Å²) < 4.78 is 5.42. The molecule has 0 fully saturated rings. The molecule has 5 rings (SSSR count). The molecule has 31 heavy (non-hydrogen) atoms. The van der Waals surface area contributed by atoms with Gasteiger partial charge in [-0.05, 0) is 23.3 Å². The number of H-pyrrole nitrogens is 1. The summed E-state index contributed by atoms with van der Waals surface area (Å²) in [5.74, 6) is 0.613. The number of benzene rings is 2. The number of nitriles is 1. The number of nitrogens with one attached hydrogen (secondary N) is 1. The fourth-order valence-electron chi connectivity index (χ4n) is 3.71. The van der Waals surface area contributed by atoms with Gasteiger partial charge in [0.25, 0.3) is 5.56 Å². The van der Waals surface area contributed by atoms with Crippen molar-refractivity contribution in [2.75, 3.05) is 5.01 Å². The van der Waals surface area contributed by atoms with Gasteiger partial charge in [0.2, 0.25) is 5.95 Å². The molecule has 0 spiro atoms. The van der Waals surface area contributed by atoms with Gasteiger partial charge < -0.3 is 4.42 Å². The van der Waals surface area contributed by atoms with E-state index in [9.17, 15) is 10.1 Å². The zero-order valence-electron chi connectivity index (χ0n) is 16.4. The molecule has 150 valence electrons. The van der Waals surface area contributed by atoms with Crippen molar-refractivity contribution in [1.29, 1.82) is 5.26 Å². The molecule has 0 saturated heterocycles. The van der Waals surface area contributed by atoms with Gasteiger partial charge >= 0.3 is 0 Å². The predicted molar refractivity (Wildman–Crippen MR) is 117 cm³/mol. The first-order chi connectivity index (χ1) is 15.2. The first-order valence-corrected chi connectivity index (χ1v) is 9.80. The second kappa shape index (κ2) is 7.76. The van der Waals surface area contributed by atoms with Crippen LogP contribution in [0.1, 0.15) is 29.2 Å². The molecule has 0 bridgehead atoms. The summed E-state index contributed by atoms with van der Waals surface area (Å²) >= 11 is 0.